The Hall–Kier alpha value is -7.59. The molecule has 0 fully saturated rings. The van der Waals surface area contributed by atoms with Crippen LogP contribution in [0.3, 0.4) is 0 Å². The van der Waals surface area contributed by atoms with Crippen LogP contribution in [-0.4, -0.2) is 14.1 Å². The zero-order chi connectivity index (χ0) is 54.8. The number of hydrogen-bond acceptors (Lipinski definition) is 2. The van der Waals surface area contributed by atoms with Gasteiger partial charge in [0.2, 0.25) is 0 Å². The van der Waals surface area contributed by atoms with Gasteiger partial charge in [0.05, 0.1) is 17.1 Å². The fraction of sp³-hybridized carbons (Fsp3) is 0.233. The van der Waals surface area contributed by atoms with Crippen molar-refractivity contribution in [2.75, 3.05) is 0 Å². The van der Waals surface area contributed by atoms with Crippen molar-refractivity contribution in [1.82, 2.24) is 14.1 Å². The largest absolute Gasteiger partial charge is 0.510 e. The van der Waals surface area contributed by atoms with Crippen LogP contribution in [0, 0.1) is 18.5 Å². The van der Waals surface area contributed by atoms with Crippen LogP contribution < -0.4 is 9.30 Å². The first kappa shape index (κ1) is 54.8. The van der Waals surface area contributed by atoms with Crippen molar-refractivity contribution in [3.63, 3.8) is 0 Å². The SMILES string of the molecule is CC(C)(C)c1cc(-[n+]2[c-]n(-c3[c-]c(Oc4[c-]c5c(cc4)c4cc(-c6ccccc6)ccc4n5-c4cc(C(C)(C)C)ccn4)ccc3)c(C(C)(C)c3ccccc3)c2C(C)(C)c2ccccc2)cc(C(C)(C)c2ccccc2)c1.[Pt]. The maximum Gasteiger partial charge on any atom is 0.267 e. The second kappa shape index (κ2) is 20.9. The van der Waals surface area contributed by atoms with Gasteiger partial charge in [0.15, 0.2) is 0 Å². The van der Waals surface area contributed by atoms with E-state index in [1.807, 2.05) is 18.3 Å². The van der Waals surface area contributed by atoms with Gasteiger partial charge in [0.25, 0.3) is 6.33 Å². The van der Waals surface area contributed by atoms with Gasteiger partial charge >= 0.3 is 0 Å². The van der Waals surface area contributed by atoms with Crippen molar-refractivity contribution in [2.45, 2.75) is 110 Å². The van der Waals surface area contributed by atoms with Gasteiger partial charge in [-0.3, -0.25) is 4.57 Å². The number of benzene rings is 8. The van der Waals surface area contributed by atoms with Crippen molar-refractivity contribution in [1.29, 1.82) is 0 Å². The standard InChI is InChI=1S/C73H70N4O.Pt/c1-69(2,3)55-40-41-74-66(46-55)77-64-39-36-51(50-26-17-13-18-27-50)42-63(64)62-38-37-61(48-65(62)77)78-60-35-25-34-58(47-60)75-49-76(59-44-56(70(4,5)6)43-57(45-59)71(7,8)52-28-19-14-20-29-52)68(73(11,12)54-32-23-16-24-33-54)67(75)72(9,10)53-30-21-15-22-31-53;/h13-46H,1-12H3;/q-2;. The van der Waals surface area contributed by atoms with Crippen molar-refractivity contribution in [2.24, 2.45) is 0 Å². The topological polar surface area (TPSA) is 35.9 Å². The van der Waals surface area contributed by atoms with Gasteiger partial charge in [-0.1, -0.05) is 228 Å². The number of nitrogens with zero attached hydrogens (tertiary/aromatic N) is 4. The Labute approximate surface area is 482 Å². The van der Waals surface area contributed by atoms with E-state index in [0.717, 1.165) is 55.9 Å². The Bertz CT molecular complexity index is 3970. The monoisotopic (exact) mass is 1210 g/mol. The van der Waals surface area contributed by atoms with Crippen molar-refractivity contribution in [3.05, 3.63) is 270 Å². The third-order valence-corrected chi connectivity index (χ3v) is 16.1. The summed E-state index contributed by atoms with van der Waals surface area (Å²) in [7, 11) is 0. The number of pyridine rings is 1. The second-order valence-electron chi connectivity index (χ2n) is 24.6. The Morgan fingerprint density at radius 3 is 1.63 bits per heavy atom. The molecule has 0 N–H and O–H groups in total. The number of ether oxygens (including phenoxy) is 1. The van der Waals surface area contributed by atoms with E-state index < -0.39 is 10.8 Å². The first-order chi connectivity index (χ1) is 37.2. The van der Waals surface area contributed by atoms with Gasteiger partial charge in [-0.25, -0.2) is 4.98 Å². The predicted molar refractivity (Wildman–Crippen MR) is 321 cm³/mol. The van der Waals surface area contributed by atoms with Crippen molar-refractivity contribution >= 4 is 21.8 Å². The summed E-state index contributed by atoms with van der Waals surface area (Å²) in [5.74, 6) is 1.97. The smallest absolute Gasteiger partial charge is 0.267 e. The maximum atomic E-state index is 6.94. The van der Waals surface area contributed by atoms with E-state index >= 15 is 0 Å². The summed E-state index contributed by atoms with van der Waals surface area (Å²) in [6.45, 7) is 27.7. The Kier molecular flexibility index (Phi) is 14.5. The molecule has 0 unspecified atom stereocenters. The fourth-order valence-electron chi connectivity index (χ4n) is 11.2. The molecule has 0 aliphatic rings. The third kappa shape index (κ3) is 10.4. The van der Waals surface area contributed by atoms with Crippen molar-refractivity contribution < 1.29 is 30.4 Å². The van der Waals surface area contributed by atoms with Crippen LogP contribution >= 0.6 is 0 Å². The van der Waals surface area contributed by atoms with Crippen LogP contribution in [0.1, 0.15) is 128 Å². The molecule has 6 heteroatoms. The Morgan fingerprint density at radius 1 is 0.443 bits per heavy atom. The Morgan fingerprint density at radius 2 is 1.01 bits per heavy atom. The summed E-state index contributed by atoms with van der Waals surface area (Å²) in [6.07, 6.45) is 5.96. The van der Waals surface area contributed by atoms with Crippen LogP contribution in [0.4, 0.5) is 0 Å². The molecule has 400 valence electrons. The van der Waals surface area contributed by atoms with E-state index in [1.54, 1.807) is 0 Å². The molecule has 3 heterocycles. The average Bonchev–Trinajstić information content (AvgIpc) is 4.27. The van der Waals surface area contributed by atoms with Crippen molar-refractivity contribution in [3.8, 4) is 39.8 Å². The molecule has 0 bridgehead atoms. The maximum absolute atomic E-state index is 6.94. The first-order valence-corrected chi connectivity index (χ1v) is 27.4. The van der Waals surface area contributed by atoms with E-state index in [1.165, 1.54) is 38.9 Å². The molecule has 0 aliphatic carbocycles. The summed E-state index contributed by atoms with van der Waals surface area (Å²) in [5, 5.41) is 2.18. The van der Waals surface area contributed by atoms with Crippen LogP contribution in [0.15, 0.2) is 206 Å². The van der Waals surface area contributed by atoms with Crippen LogP contribution in [0.5, 0.6) is 11.5 Å². The molecule has 0 aliphatic heterocycles. The zero-order valence-electron chi connectivity index (χ0n) is 47.6. The number of imidazole rings is 1. The minimum absolute atomic E-state index is 0. The molecule has 0 saturated heterocycles. The third-order valence-electron chi connectivity index (χ3n) is 16.1. The fourth-order valence-corrected chi connectivity index (χ4v) is 11.2. The molecule has 79 heavy (non-hydrogen) atoms. The quantitative estimate of drug-likeness (QED) is 0.0903. The van der Waals surface area contributed by atoms with Crippen LogP contribution in [0.2, 0.25) is 0 Å². The molecule has 0 spiro atoms. The number of rotatable bonds is 12. The van der Waals surface area contributed by atoms with Gasteiger partial charge < -0.3 is 13.9 Å². The minimum atomic E-state index is -0.534. The van der Waals surface area contributed by atoms with E-state index in [-0.39, 0.29) is 37.3 Å². The van der Waals surface area contributed by atoms with Gasteiger partial charge in [0.1, 0.15) is 5.82 Å². The summed E-state index contributed by atoms with van der Waals surface area (Å²) in [5.41, 5.74) is 14.1. The number of fused-ring (bicyclic) bond motifs is 3. The number of aromatic nitrogens is 4. The normalized spacial score (nSPS) is 12.5. The Balaban J connectivity index is 0.00000704. The van der Waals surface area contributed by atoms with Gasteiger partial charge in [-0.15, -0.1) is 29.7 Å². The molecule has 8 aromatic carbocycles. The average molecular weight is 1210 g/mol. The van der Waals surface area contributed by atoms with Gasteiger partial charge in [-0.2, -0.15) is 18.2 Å². The minimum Gasteiger partial charge on any atom is -0.510 e. The first-order valence-electron chi connectivity index (χ1n) is 27.4. The zero-order valence-corrected chi connectivity index (χ0v) is 49.9. The van der Waals surface area contributed by atoms with Crippen LogP contribution in [0.25, 0.3) is 50.1 Å². The molecule has 0 radical (unpaired) electrons. The molecule has 0 atom stereocenters. The van der Waals surface area contributed by atoms with E-state index in [0.29, 0.717) is 11.5 Å². The predicted octanol–water partition coefficient (Wildman–Crippen LogP) is 17.7. The molecule has 0 amide bonds. The van der Waals surface area contributed by atoms with E-state index in [9.17, 15) is 0 Å². The summed E-state index contributed by atoms with van der Waals surface area (Å²) >= 11 is 0. The van der Waals surface area contributed by atoms with Crippen LogP contribution in [-0.2, 0) is 48.1 Å². The molecular formula is C73H70N4OPt-2. The molecule has 11 rings (SSSR count). The molecule has 5 nitrogen and oxygen atoms in total. The summed E-state index contributed by atoms with van der Waals surface area (Å²) in [4.78, 5) is 4.99. The molecule has 0 saturated carbocycles. The van der Waals surface area contributed by atoms with Gasteiger partial charge in [0, 0.05) is 60.5 Å². The molecule has 11 aromatic rings. The van der Waals surface area contributed by atoms with E-state index in [4.69, 9.17) is 9.72 Å². The molecule has 3 aromatic heterocycles. The number of hydrogen-bond donors (Lipinski definition) is 0. The van der Waals surface area contributed by atoms with E-state index in [2.05, 4.69) is 303 Å². The molecular weight excluding hydrogens is 1140 g/mol. The van der Waals surface area contributed by atoms with Gasteiger partial charge in [-0.05, 0) is 96.7 Å². The second-order valence-corrected chi connectivity index (χ2v) is 24.6. The summed E-state index contributed by atoms with van der Waals surface area (Å²) in [6, 6.07) is 79.2. The summed E-state index contributed by atoms with van der Waals surface area (Å²) < 4.78 is 13.8.